The van der Waals surface area contributed by atoms with E-state index in [1.54, 1.807) is 6.26 Å². The van der Waals surface area contributed by atoms with Crippen molar-refractivity contribution < 1.29 is 39.3 Å². The number of nitrogens with two attached hydrogens (primary N) is 2. The topological polar surface area (TPSA) is 234 Å². The number of hydrogen-bond donors (Lipinski definition) is 8. The molecular formula is C19H35N5O8S. The first kappa shape index (κ1) is 30.6. The number of aliphatic hydroxyl groups is 1. The highest BCUT2D eigenvalue weighted by Gasteiger charge is 2.29. The Bertz CT molecular complexity index is 666. The maximum Gasteiger partial charge on any atom is 0.326 e. The third-order valence-electron chi connectivity index (χ3n) is 4.63. The van der Waals surface area contributed by atoms with E-state index in [9.17, 15) is 34.2 Å². The van der Waals surface area contributed by atoms with Gasteiger partial charge in [0.05, 0.1) is 12.6 Å². The fourth-order valence-electron chi connectivity index (χ4n) is 2.68. The first-order chi connectivity index (χ1) is 15.6. The van der Waals surface area contributed by atoms with Crippen molar-refractivity contribution in [2.45, 2.75) is 62.7 Å². The summed E-state index contributed by atoms with van der Waals surface area (Å²) in [6.07, 6.45) is 2.70. The maximum atomic E-state index is 12.7. The molecule has 0 aliphatic rings. The number of rotatable bonds is 18. The van der Waals surface area contributed by atoms with Crippen molar-refractivity contribution in [3.05, 3.63) is 0 Å². The summed E-state index contributed by atoms with van der Waals surface area (Å²) in [5.74, 6) is -4.29. The molecule has 0 radical (unpaired) electrons. The molecule has 3 amide bonds. The van der Waals surface area contributed by atoms with Gasteiger partial charge < -0.3 is 42.7 Å². The average molecular weight is 494 g/mol. The number of hydrogen-bond acceptors (Lipinski definition) is 9. The van der Waals surface area contributed by atoms with Gasteiger partial charge in [0, 0.05) is 6.42 Å². The fourth-order valence-corrected chi connectivity index (χ4v) is 3.15. The molecule has 4 atom stereocenters. The molecule has 0 bridgehead atoms. The van der Waals surface area contributed by atoms with Gasteiger partial charge in [-0.2, -0.15) is 11.8 Å². The van der Waals surface area contributed by atoms with E-state index in [0.717, 1.165) is 0 Å². The number of thioether (sulfide) groups is 1. The first-order valence-electron chi connectivity index (χ1n) is 10.5. The van der Waals surface area contributed by atoms with Gasteiger partial charge in [0.25, 0.3) is 0 Å². The molecule has 0 fully saturated rings. The van der Waals surface area contributed by atoms with Crippen LogP contribution in [0.3, 0.4) is 0 Å². The third-order valence-corrected chi connectivity index (χ3v) is 5.27. The van der Waals surface area contributed by atoms with Crippen LogP contribution in [0.15, 0.2) is 0 Å². The molecule has 0 aromatic carbocycles. The van der Waals surface area contributed by atoms with E-state index in [-0.39, 0.29) is 25.7 Å². The Hall–Kier alpha value is -2.42. The van der Waals surface area contributed by atoms with Crippen LogP contribution in [0.5, 0.6) is 0 Å². The molecule has 190 valence electrons. The SMILES string of the molecule is CSCCC(NC(=O)C(N)CCC(=O)O)C(=O)NC(CO)C(=O)NC(CCCCN)C(=O)O. The molecule has 10 N–H and O–H groups in total. The van der Waals surface area contributed by atoms with E-state index in [1.807, 2.05) is 0 Å². The minimum Gasteiger partial charge on any atom is -0.481 e. The van der Waals surface area contributed by atoms with Crippen LogP contribution in [-0.4, -0.2) is 94.3 Å². The second-order valence-electron chi connectivity index (χ2n) is 7.31. The number of carbonyl (C=O) groups excluding carboxylic acids is 3. The summed E-state index contributed by atoms with van der Waals surface area (Å²) in [5, 5.41) is 34.6. The molecule has 14 heteroatoms. The number of amides is 3. The van der Waals surface area contributed by atoms with Gasteiger partial charge in [-0.3, -0.25) is 19.2 Å². The Balaban J connectivity index is 5.12. The summed E-state index contributed by atoms with van der Waals surface area (Å²) in [6.45, 7) is -0.424. The van der Waals surface area contributed by atoms with Crippen LogP contribution in [0.25, 0.3) is 0 Å². The summed E-state index contributed by atoms with van der Waals surface area (Å²) in [7, 11) is 0. The van der Waals surface area contributed by atoms with Gasteiger partial charge in [0.2, 0.25) is 17.7 Å². The zero-order chi connectivity index (χ0) is 25.4. The third kappa shape index (κ3) is 13.0. The lowest BCUT2D eigenvalue weighted by Crippen LogP contribution is -2.58. The van der Waals surface area contributed by atoms with Crippen molar-refractivity contribution in [3.8, 4) is 0 Å². The number of nitrogens with one attached hydrogen (secondary N) is 3. The van der Waals surface area contributed by atoms with E-state index in [2.05, 4.69) is 16.0 Å². The van der Waals surface area contributed by atoms with Crippen LogP contribution in [0.4, 0.5) is 0 Å². The molecule has 0 aliphatic heterocycles. The van der Waals surface area contributed by atoms with Crippen LogP contribution < -0.4 is 27.4 Å². The molecule has 0 spiro atoms. The average Bonchev–Trinajstić information content (AvgIpc) is 2.77. The molecule has 4 unspecified atom stereocenters. The molecule has 0 saturated heterocycles. The van der Waals surface area contributed by atoms with Gasteiger partial charge in [-0.05, 0) is 50.7 Å². The van der Waals surface area contributed by atoms with Gasteiger partial charge in [0.15, 0.2) is 0 Å². The molecular weight excluding hydrogens is 458 g/mol. The highest BCUT2D eigenvalue weighted by atomic mass is 32.2. The van der Waals surface area contributed by atoms with Crippen LogP contribution >= 0.6 is 11.8 Å². The molecule has 0 aromatic rings. The van der Waals surface area contributed by atoms with Crippen molar-refractivity contribution in [1.82, 2.24) is 16.0 Å². The zero-order valence-electron chi connectivity index (χ0n) is 18.6. The van der Waals surface area contributed by atoms with E-state index in [1.165, 1.54) is 11.8 Å². The lowest BCUT2D eigenvalue weighted by molar-refractivity contribution is -0.143. The number of aliphatic hydroxyl groups excluding tert-OH is 1. The summed E-state index contributed by atoms with van der Waals surface area (Å²) in [6, 6.07) is -4.90. The van der Waals surface area contributed by atoms with Gasteiger partial charge in [-0.1, -0.05) is 0 Å². The summed E-state index contributed by atoms with van der Waals surface area (Å²) >= 11 is 1.41. The number of aliphatic carboxylic acids is 2. The second-order valence-corrected chi connectivity index (χ2v) is 8.29. The Morgan fingerprint density at radius 1 is 0.848 bits per heavy atom. The number of carboxylic acids is 2. The van der Waals surface area contributed by atoms with Crippen LogP contribution in [-0.2, 0) is 24.0 Å². The van der Waals surface area contributed by atoms with Crippen molar-refractivity contribution in [2.75, 3.05) is 25.2 Å². The van der Waals surface area contributed by atoms with Crippen molar-refractivity contribution in [1.29, 1.82) is 0 Å². The predicted molar refractivity (Wildman–Crippen MR) is 121 cm³/mol. The number of carbonyl (C=O) groups is 5. The largest absolute Gasteiger partial charge is 0.481 e. The maximum absolute atomic E-state index is 12.7. The summed E-state index contributed by atoms with van der Waals surface area (Å²) < 4.78 is 0. The summed E-state index contributed by atoms with van der Waals surface area (Å²) in [4.78, 5) is 59.4. The van der Waals surface area contributed by atoms with Crippen molar-refractivity contribution in [3.63, 3.8) is 0 Å². The Kier molecular flexibility index (Phi) is 15.9. The Labute approximate surface area is 196 Å². The van der Waals surface area contributed by atoms with E-state index >= 15 is 0 Å². The van der Waals surface area contributed by atoms with Crippen LogP contribution in [0.2, 0.25) is 0 Å². The highest BCUT2D eigenvalue weighted by molar-refractivity contribution is 7.98. The molecule has 0 saturated carbocycles. The molecule has 0 rings (SSSR count). The molecule has 33 heavy (non-hydrogen) atoms. The number of carboxylic acid groups (broad SMARTS) is 2. The molecule has 13 nitrogen and oxygen atoms in total. The molecule has 0 aromatic heterocycles. The minimum atomic E-state index is -1.44. The first-order valence-corrected chi connectivity index (χ1v) is 11.9. The second kappa shape index (κ2) is 17.1. The Morgan fingerprint density at radius 3 is 1.94 bits per heavy atom. The van der Waals surface area contributed by atoms with Crippen molar-refractivity contribution in [2.24, 2.45) is 11.5 Å². The molecule has 0 aliphatic carbocycles. The lowest BCUT2D eigenvalue weighted by atomic mass is 10.1. The van der Waals surface area contributed by atoms with Gasteiger partial charge >= 0.3 is 11.9 Å². The monoisotopic (exact) mass is 493 g/mol. The fraction of sp³-hybridized carbons (Fsp3) is 0.737. The lowest BCUT2D eigenvalue weighted by Gasteiger charge is -2.24. The van der Waals surface area contributed by atoms with E-state index in [0.29, 0.717) is 25.1 Å². The van der Waals surface area contributed by atoms with E-state index in [4.69, 9.17) is 16.6 Å². The zero-order valence-corrected chi connectivity index (χ0v) is 19.4. The van der Waals surface area contributed by atoms with Gasteiger partial charge in [-0.15, -0.1) is 0 Å². The van der Waals surface area contributed by atoms with Gasteiger partial charge in [-0.25, -0.2) is 4.79 Å². The minimum absolute atomic E-state index is 0.125. The molecule has 0 heterocycles. The quantitative estimate of drug-likeness (QED) is 0.0936. The number of unbranched alkanes of at least 4 members (excludes halogenated alkanes) is 1. The van der Waals surface area contributed by atoms with Crippen molar-refractivity contribution >= 4 is 41.4 Å². The van der Waals surface area contributed by atoms with E-state index < -0.39 is 60.4 Å². The Morgan fingerprint density at radius 2 is 1.42 bits per heavy atom. The predicted octanol–water partition coefficient (Wildman–Crippen LogP) is -2.41. The van der Waals surface area contributed by atoms with Gasteiger partial charge in [0.1, 0.15) is 18.1 Å². The normalized spacial score (nSPS) is 14.4. The standard InChI is InChI=1S/C19H35N5O8S/c1-33-9-7-12(22-16(28)11(21)5-6-15(26)27)17(29)24-14(10-25)18(30)23-13(19(31)32)4-2-3-8-20/h11-14,25H,2-10,20-21H2,1H3,(H,22,28)(H,23,30)(H,24,29)(H,26,27)(H,31,32). The van der Waals surface area contributed by atoms with Crippen LogP contribution in [0.1, 0.15) is 38.5 Å². The highest BCUT2D eigenvalue weighted by Crippen LogP contribution is 2.05. The van der Waals surface area contributed by atoms with Crippen LogP contribution in [0, 0.1) is 0 Å². The smallest absolute Gasteiger partial charge is 0.326 e. The summed E-state index contributed by atoms with van der Waals surface area (Å²) in [5.41, 5.74) is 11.1.